The first kappa shape index (κ1) is 26.3. The summed E-state index contributed by atoms with van der Waals surface area (Å²) in [6.07, 6.45) is -1.85. The Morgan fingerprint density at radius 3 is 2.18 bits per heavy atom. The summed E-state index contributed by atoms with van der Waals surface area (Å²) in [6.45, 7) is 3.24. The molecular formula is C23H27N3O8. The lowest BCUT2D eigenvalue weighted by Crippen LogP contribution is -2.52. The molecule has 2 amide bonds. The number of urea groups is 1. The van der Waals surface area contributed by atoms with Crippen molar-refractivity contribution < 1.29 is 34.6 Å². The van der Waals surface area contributed by atoms with Gasteiger partial charge in [0.05, 0.1) is 11.5 Å². The molecule has 0 aliphatic carbocycles. The molecule has 2 atom stereocenters. The van der Waals surface area contributed by atoms with Gasteiger partial charge in [-0.15, -0.1) is 0 Å². The molecule has 0 fully saturated rings. The Labute approximate surface area is 195 Å². The van der Waals surface area contributed by atoms with E-state index < -0.39 is 41.6 Å². The summed E-state index contributed by atoms with van der Waals surface area (Å²) in [5.41, 5.74) is 1.89. The van der Waals surface area contributed by atoms with Gasteiger partial charge in [0.2, 0.25) is 0 Å². The van der Waals surface area contributed by atoms with Gasteiger partial charge in [0.1, 0.15) is 6.04 Å². The van der Waals surface area contributed by atoms with Crippen LogP contribution in [0.4, 0.5) is 10.5 Å². The molecular weight excluding hydrogens is 446 g/mol. The van der Waals surface area contributed by atoms with Crippen LogP contribution in [0, 0.1) is 16.0 Å². The Morgan fingerprint density at radius 1 is 1.00 bits per heavy atom. The minimum absolute atomic E-state index is 0.0450. The fourth-order valence-electron chi connectivity index (χ4n) is 3.28. The molecule has 2 aromatic carbocycles. The van der Waals surface area contributed by atoms with Gasteiger partial charge < -0.3 is 25.5 Å². The van der Waals surface area contributed by atoms with E-state index in [1.165, 1.54) is 12.1 Å². The van der Waals surface area contributed by atoms with E-state index in [0.717, 1.165) is 4.90 Å². The molecule has 0 spiro atoms. The molecule has 1 unspecified atom stereocenters. The first-order chi connectivity index (χ1) is 16.0. The predicted octanol–water partition coefficient (Wildman–Crippen LogP) is 2.37. The quantitative estimate of drug-likeness (QED) is 0.285. The molecule has 0 saturated heterocycles. The number of nitro benzene ring substituents is 1. The van der Waals surface area contributed by atoms with E-state index >= 15 is 0 Å². The van der Waals surface area contributed by atoms with Gasteiger partial charge in [-0.1, -0.05) is 50.2 Å². The standard InChI is InChI=1S/C23H27N3O8/c1-14(2)12-25(13-20(27)22(30)31)23(32)24-19(21(28)29)10-15-6-8-16(9-7-15)17-4-3-5-18(11-17)26(33)34/h3-9,11,14,19-20,27H,10,12-13H2,1-2H3,(H,24,32)(H,28,29)(H,30,31)/t19-,20?/m0/s1. The zero-order valence-corrected chi connectivity index (χ0v) is 18.7. The summed E-state index contributed by atoms with van der Waals surface area (Å²) in [5, 5.41) is 41.5. The normalized spacial score (nSPS) is 12.6. The van der Waals surface area contributed by atoms with Gasteiger partial charge in [-0.3, -0.25) is 10.1 Å². The third-order valence-corrected chi connectivity index (χ3v) is 4.93. The molecule has 2 aromatic rings. The number of carboxylic acids is 2. The largest absolute Gasteiger partial charge is 0.480 e. The van der Waals surface area contributed by atoms with Gasteiger partial charge in [0, 0.05) is 25.1 Å². The Hall–Kier alpha value is -3.99. The maximum absolute atomic E-state index is 12.7. The lowest BCUT2D eigenvalue weighted by atomic mass is 10.0. The van der Waals surface area contributed by atoms with Crippen molar-refractivity contribution in [3.8, 4) is 11.1 Å². The van der Waals surface area contributed by atoms with Crippen LogP contribution in [0.15, 0.2) is 48.5 Å². The summed E-state index contributed by atoms with van der Waals surface area (Å²) in [7, 11) is 0. The number of amides is 2. The molecule has 2 rings (SSSR count). The number of carboxylic acid groups (broad SMARTS) is 2. The molecule has 0 saturated carbocycles. The number of hydrogen-bond donors (Lipinski definition) is 4. The van der Waals surface area contributed by atoms with E-state index in [9.17, 15) is 34.7 Å². The number of hydrogen-bond acceptors (Lipinski definition) is 6. The van der Waals surface area contributed by atoms with Crippen molar-refractivity contribution in [1.82, 2.24) is 10.2 Å². The summed E-state index contributed by atoms with van der Waals surface area (Å²) in [5.74, 6) is -2.81. The molecule has 0 bridgehead atoms. The maximum atomic E-state index is 12.7. The van der Waals surface area contributed by atoms with Gasteiger partial charge >= 0.3 is 18.0 Å². The third-order valence-electron chi connectivity index (χ3n) is 4.93. The monoisotopic (exact) mass is 473 g/mol. The molecule has 0 aliphatic heterocycles. The fraction of sp³-hybridized carbons (Fsp3) is 0.348. The highest BCUT2D eigenvalue weighted by atomic mass is 16.6. The number of carbonyl (C=O) groups excluding carboxylic acids is 1. The van der Waals surface area contributed by atoms with E-state index in [1.54, 1.807) is 50.2 Å². The van der Waals surface area contributed by atoms with E-state index in [0.29, 0.717) is 16.7 Å². The van der Waals surface area contributed by atoms with Crippen molar-refractivity contribution in [3.05, 3.63) is 64.2 Å². The van der Waals surface area contributed by atoms with E-state index in [4.69, 9.17) is 5.11 Å². The predicted molar refractivity (Wildman–Crippen MR) is 122 cm³/mol. The van der Waals surface area contributed by atoms with Crippen LogP contribution in [-0.2, 0) is 16.0 Å². The van der Waals surface area contributed by atoms with Crippen molar-refractivity contribution in [3.63, 3.8) is 0 Å². The first-order valence-corrected chi connectivity index (χ1v) is 10.5. The molecule has 11 heteroatoms. The van der Waals surface area contributed by atoms with Crippen LogP contribution in [0.5, 0.6) is 0 Å². The van der Waals surface area contributed by atoms with Gasteiger partial charge in [-0.05, 0) is 22.6 Å². The lowest BCUT2D eigenvalue weighted by Gasteiger charge is -2.27. The summed E-state index contributed by atoms with van der Waals surface area (Å²) >= 11 is 0. The van der Waals surface area contributed by atoms with Gasteiger partial charge in [-0.25, -0.2) is 14.4 Å². The zero-order valence-electron chi connectivity index (χ0n) is 18.7. The summed E-state index contributed by atoms with van der Waals surface area (Å²) < 4.78 is 0. The Bertz CT molecular complexity index is 1040. The van der Waals surface area contributed by atoms with Crippen molar-refractivity contribution in [2.24, 2.45) is 5.92 Å². The number of nitro groups is 1. The second kappa shape index (κ2) is 11.8. The second-order valence-corrected chi connectivity index (χ2v) is 8.20. The van der Waals surface area contributed by atoms with Crippen LogP contribution >= 0.6 is 0 Å². The molecule has 0 aliphatic rings. The zero-order chi connectivity index (χ0) is 25.4. The fourth-order valence-corrected chi connectivity index (χ4v) is 3.28. The molecule has 34 heavy (non-hydrogen) atoms. The van der Waals surface area contributed by atoms with Crippen LogP contribution in [0.1, 0.15) is 19.4 Å². The first-order valence-electron chi connectivity index (χ1n) is 10.5. The number of rotatable bonds is 11. The highest BCUT2D eigenvalue weighted by Crippen LogP contribution is 2.24. The number of carbonyl (C=O) groups is 3. The van der Waals surface area contributed by atoms with E-state index in [1.807, 2.05) is 0 Å². The van der Waals surface area contributed by atoms with Gasteiger partial charge in [0.25, 0.3) is 5.69 Å². The molecule has 182 valence electrons. The number of nitrogens with one attached hydrogen (secondary N) is 1. The molecule has 0 heterocycles. The molecule has 4 N–H and O–H groups in total. The van der Waals surface area contributed by atoms with Crippen molar-refractivity contribution in [1.29, 1.82) is 0 Å². The average Bonchev–Trinajstić information content (AvgIpc) is 2.78. The number of aliphatic hydroxyl groups excluding tert-OH is 1. The smallest absolute Gasteiger partial charge is 0.334 e. The topological polar surface area (TPSA) is 170 Å². The maximum Gasteiger partial charge on any atom is 0.334 e. The number of aliphatic hydroxyl groups is 1. The number of aliphatic carboxylic acids is 2. The molecule has 11 nitrogen and oxygen atoms in total. The summed E-state index contributed by atoms with van der Waals surface area (Å²) in [4.78, 5) is 46.9. The Balaban J connectivity index is 2.13. The van der Waals surface area contributed by atoms with Crippen molar-refractivity contribution in [2.75, 3.05) is 13.1 Å². The third kappa shape index (κ3) is 7.55. The minimum Gasteiger partial charge on any atom is -0.480 e. The average molecular weight is 473 g/mol. The number of nitrogens with zero attached hydrogens (tertiary/aromatic N) is 2. The lowest BCUT2D eigenvalue weighted by molar-refractivity contribution is -0.384. The Morgan fingerprint density at radius 2 is 1.65 bits per heavy atom. The number of benzene rings is 2. The van der Waals surface area contributed by atoms with Crippen LogP contribution in [0.25, 0.3) is 11.1 Å². The number of non-ortho nitro benzene ring substituents is 1. The van der Waals surface area contributed by atoms with Crippen LogP contribution in [-0.4, -0.2) is 68.3 Å². The SMILES string of the molecule is CC(C)CN(CC(O)C(=O)O)C(=O)N[C@@H](Cc1ccc(-c2cccc([N+](=O)[O-])c2)cc1)C(=O)O. The van der Waals surface area contributed by atoms with E-state index in [2.05, 4.69) is 5.32 Å². The Kier molecular flexibility index (Phi) is 9.08. The van der Waals surface area contributed by atoms with Crippen LogP contribution in [0.3, 0.4) is 0 Å². The van der Waals surface area contributed by atoms with Crippen molar-refractivity contribution in [2.45, 2.75) is 32.4 Å². The van der Waals surface area contributed by atoms with Gasteiger partial charge in [-0.2, -0.15) is 0 Å². The van der Waals surface area contributed by atoms with E-state index in [-0.39, 0.29) is 24.6 Å². The van der Waals surface area contributed by atoms with Crippen LogP contribution in [0.2, 0.25) is 0 Å². The minimum atomic E-state index is -1.80. The highest BCUT2D eigenvalue weighted by molar-refractivity contribution is 5.83. The van der Waals surface area contributed by atoms with Gasteiger partial charge in [0.15, 0.2) is 6.10 Å². The van der Waals surface area contributed by atoms with Crippen LogP contribution < -0.4 is 5.32 Å². The highest BCUT2D eigenvalue weighted by Gasteiger charge is 2.27. The molecule has 0 aromatic heterocycles. The van der Waals surface area contributed by atoms with Crippen molar-refractivity contribution >= 4 is 23.7 Å². The summed E-state index contributed by atoms with van der Waals surface area (Å²) in [6, 6.07) is 10.7. The molecule has 0 radical (unpaired) electrons. The second-order valence-electron chi connectivity index (χ2n) is 8.20.